The zero-order valence-corrected chi connectivity index (χ0v) is 5.74. The maximum Gasteiger partial charge on any atom is 0.303 e. The highest BCUT2D eigenvalue weighted by atomic mass is 16.6. The lowest BCUT2D eigenvalue weighted by molar-refractivity contribution is -0.149. The van der Waals surface area contributed by atoms with Gasteiger partial charge in [-0.15, -0.1) is 0 Å². The van der Waals surface area contributed by atoms with E-state index in [0.29, 0.717) is 6.61 Å². The predicted octanol–water partition coefficient (Wildman–Crippen LogP) is -0.691. The lowest BCUT2D eigenvalue weighted by Gasteiger charge is -2.11. The summed E-state index contributed by atoms with van der Waals surface area (Å²) < 4.78 is 9.55. The molecule has 0 aliphatic carbocycles. The highest BCUT2D eigenvalue weighted by Crippen LogP contribution is 2.08. The Kier molecular flexibility index (Phi) is 2.24. The fourth-order valence-electron chi connectivity index (χ4n) is 0.849. The quantitative estimate of drug-likeness (QED) is 0.497. The number of aliphatic hydroxyl groups excluding tert-OH is 1. The second kappa shape index (κ2) is 2.98. The minimum atomic E-state index is -0.649. The molecule has 0 saturated carbocycles. The third-order valence-corrected chi connectivity index (χ3v) is 1.32. The maximum atomic E-state index is 10.4. The van der Waals surface area contributed by atoms with Crippen molar-refractivity contribution >= 4 is 5.97 Å². The summed E-state index contributed by atoms with van der Waals surface area (Å²) in [5, 5.41) is 9.04. The molecule has 0 radical (unpaired) electrons. The summed E-state index contributed by atoms with van der Waals surface area (Å²) >= 11 is 0. The van der Waals surface area contributed by atoms with Crippen LogP contribution in [0.1, 0.15) is 6.92 Å². The number of ether oxygens (including phenoxy) is 2. The highest BCUT2D eigenvalue weighted by Gasteiger charge is 2.28. The van der Waals surface area contributed by atoms with E-state index in [-0.39, 0.29) is 12.6 Å². The van der Waals surface area contributed by atoms with E-state index in [1.807, 2.05) is 0 Å². The first-order valence-electron chi connectivity index (χ1n) is 3.13. The Morgan fingerprint density at radius 3 is 2.80 bits per heavy atom. The van der Waals surface area contributed by atoms with Gasteiger partial charge in [0.25, 0.3) is 0 Å². The Balaban J connectivity index is 2.33. The van der Waals surface area contributed by atoms with Crippen LogP contribution >= 0.6 is 0 Å². The molecule has 10 heavy (non-hydrogen) atoms. The fourth-order valence-corrected chi connectivity index (χ4v) is 0.849. The van der Waals surface area contributed by atoms with E-state index in [1.54, 1.807) is 0 Å². The first-order chi connectivity index (χ1) is 4.70. The monoisotopic (exact) mass is 146 g/mol. The second-order valence-corrected chi connectivity index (χ2v) is 2.25. The van der Waals surface area contributed by atoms with Gasteiger partial charge in [0.15, 0.2) is 6.10 Å². The molecule has 1 aliphatic rings. The van der Waals surface area contributed by atoms with E-state index in [9.17, 15) is 4.79 Å². The van der Waals surface area contributed by atoms with Crippen molar-refractivity contribution in [3.63, 3.8) is 0 Å². The number of rotatable bonds is 1. The van der Waals surface area contributed by atoms with Crippen molar-refractivity contribution in [3.8, 4) is 0 Å². The Morgan fingerprint density at radius 2 is 2.40 bits per heavy atom. The van der Waals surface area contributed by atoms with Gasteiger partial charge in [-0.1, -0.05) is 0 Å². The summed E-state index contributed by atoms with van der Waals surface area (Å²) in [6, 6.07) is 0. The normalized spacial score (nSPS) is 32.2. The third kappa shape index (κ3) is 1.68. The smallest absolute Gasteiger partial charge is 0.303 e. The number of carbonyl (C=O) groups excluding carboxylic acids is 1. The minimum Gasteiger partial charge on any atom is -0.457 e. The van der Waals surface area contributed by atoms with Crippen molar-refractivity contribution in [1.29, 1.82) is 0 Å². The molecule has 0 amide bonds. The molecular formula is C6H10O4. The van der Waals surface area contributed by atoms with Gasteiger partial charge < -0.3 is 14.6 Å². The van der Waals surface area contributed by atoms with E-state index in [4.69, 9.17) is 14.6 Å². The molecule has 58 valence electrons. The Labute approximate surface area is 58.7 Å². The molecule has 0 bridgehead atoms. The van der Waals surface area contributed by atoms with E-state index in [0.717, 1.165) is 0 Å². The number of carbonyl (C=O) groups is 1. The van der Waals surface area contributed by atoms with Crippen LogP contribution in [0.2, 0.25) is 0 Å². The van der Waals surface area contributed by atoms with Crippen molar-refractivity contribution < 1.29 is 19.4 Å². The van der Waals surface area contributed by atoms with Gasteiger partial charge in [0.1, 0.15) is 6.10 Å². The molecule has 1 heterocycles. The maximum absolute atomic E-state index is 10.4. The largest absolute Gasteiger partial charge is 0.457 e. The van der Waals surface area contributed by atoms with Crippen LogP contribution < -0.4 is 0 Å². The second-order valence-electron chi connectivity index (χ2n) is 2.25. The SMILES string of the molecule is CC(=O)OC1COCC1O. The van der Waals surface area contributed by atoms with Crippen LogP contribution in [0.3, 0.4) is 0 Å². The van der Waals surface area contributed by atoms with E-state index < -0.39 is 12.2 Å². The van der Waals surface area contributed by atoms with Crippen LogP contribution in [0, 0.1) is 0 Å². The Hall–Kier alpha value is -0.610. The average Bonchev–Trinajstić information content (AvgIpc) is 2.15. The van der Waals surface area contributed by atoms with Crippen LogP contribution in [0.25, 0.3) is 0 Å². The van der Waals surface area contributed by atoms with Crippen LogP contribution in [0.4, 0.5) is 0 Å². The minimum absolute atomic E-state index is 0.262. The van der Waals surface area contributed by atoms with Gasteiger partial charge >= 0.3 is 5.97 Å². The zero-order chi connectivity index (χ0) is 7.56. The molecular weight excluding hydrogens is 136 g/mol. The lowest BCUT2D eigenvalue weighted by atomic mass is 10.3. The van der Waals surface area contributed by atoms with Crippen molar-refractivity contribution in [2.24, 2.45) is 0 Å². The summed E-state index contributed by atoms with van der Waals surface area (Å²) in [5.74, 6) is -0.380. The van der Waals surface area contributed by atoms with Crippen LogP contribution in [0.15, 0.2) is 0 Å². The number of hydrogen-bond donors (Lipinski definition) is 1. The molecule has 4 heteroatoms. The summed E-state index contributed by atoms with van der Waals surface area (Å²) in [7, 11) is 0. The van der Waals surface area contributed by atoms with Crippen LogP contribution in [-0.2, 0) is 14.3 Å². The molecule has 1 fully saturated rings. The van der Waals surface area contributed by atoms with Gasteiger partial charge in [0, 0.05) is 6.92 Å². The van der Waals surface area contributed by atoms with Gasteiger partial charge in [-0.2, -0.15) is 0 Å². The van der Waals surface area contributed by atoms with Gasteiger partial charge in [0.05, 0.1) is 13.2 Å². The first kappa shape index (κ1) is 7.50. The number of aliphatic hydroxyl groups is 1. The fraction of sp³-hybridized carbons (Fsp3) is 0.833. The van der Waals surface area contributed by atoms with Crippen molar-refractivity contribution in [2.45, 2.75) is 19.1 Å². The molecule has 1 saturated heterocycles. The first-order valence-corrected chi connectivity index (χ1v) is 3.13. The molecule has 0 aromatic heterocycles. The van der Waals surface area contributed by atoms with Gasteiger partial charge in [0.2, 0.25) is 0 Å². The summed E-state index contributed by atoms with van der Waals surface area (Å²) in [6.07, 6.45) is -1.11. The summed E-state index contributed by atoms with van der Waals surface area (Å²) in [5.41, 5.74) is 0. The highest BCUT2D eigenvalue weighted by molar-refractivity contribution is 5.66. The van der Waals surface area contributed by atoms with Crippen molar-refractivity contribution in [3.05, 3.63) is 0 Å². The molecule has 1 rings (SSSR count). The number of hydrogen-bond acceptors (Lipinski definition) is 4. The topological polar surface area (TPSA) is 55.8 Å². The standard InChI is InChI=1S/C6H10O4/c1-4(7)10-6-3-9-2-5(6)8/h5-6,8H,2-3H2,1H3. The molecule has 2 atom stereocenters. The van der Waals surface area contributed by atoms with Gasteiger partial charge in [-0.25, -0.2) is 0 Å². The van der Waals surface area contributed by atoms with Gasteiger partial charge in [-0.05, 0) is 0 Å². The van der Waals surface area contributed by atoms with E-state index in [2.05, 4.69) is 0 Å². The van der Waals surface area contributed by atoms with E-state index >= 15 is 0 Å². The molecule has 0 aromatic carbocycles. The van der Waals surface area contributed by atoms with E-state index in [1.165, 1.54) is 6.92 Å². The molecule has 1 N–H and O–H groups in total. The molecule has 0 spiro atoms. The van der Waals surface area contributed by atoms with Gasteiger partial charge in [-0.3, -0.25) is 4.79 Å². The molecule has 4 nitrogen and oxygen atoms in total. The zero-order valence-electron chi connectivity index (χ0n) is 5.74. The third-order valence-electron chi connectivity index (χ3n) is 1.32. The summed E-state index contributed by atoms with van der Waals surface area (Å²) in [4.78, 5) is 10.4. The molecule has 1 aliphatic heterocycles. The van der Waals surface area contributed by atoms with Crippen molar-refractivity contribution in [2.75, 3.05) is 13.2 Å². The average molecular weight is 146 g/mol. The van der Waals surface area contributed by atoms with Crippen LogP contribution in [-0.4, -0.2) is 36.5 Å². The van der Waals surface area contributed by atoms with Crippen LogP contribution in [0.5, 0.6) is 0 Å². The number of esters is 1. The molecule has 0 aromatic rings. The molecule has 2 unspecified atom stereocenters. The Morgan fingerprint density at radius 1 is 1.70 bits per heavy atom. The Bertz CT molecular complexity index is 134. The lowest BCUT2D eigenvalue weighted by Crippen LogP contribution is -2.28. The summed E-state index contributed by atoms with van der Waals surface area (Å²) in [6.45, 7) is 1.88. The predicted molar refractivity (Wildman–Crippen MR) is 32.4 cm³/mol. The van der Waals surface area contributed by atoms with Crippen molar-refractivity contribution in [1.82, 2.24) is 0 Å².